The van der Waals surface area contributed by atoms with E-state index >= 15 is 0 Å². The molecule has 5 nitrogen and oxygen atoms in total. The Balaban J connectivity index is 2.30. The normalized spacial score (nSPS) is 11.5. The van der Waals surface area contributed by atoms with Crippen molar-refractivity contribution in [3.8, 4) is 0 Å². The third kappa shape index (κ3) is 3.41. The minimum atomic E-state index is -3.76. The van der Waals surface area contributed by atoms with Gasteiger partial charge in [0.2, 0.25) is 5.09 Å². The molecular formula is C11H10ClIN2O3S. The third-order valence-corrected chi connectivity index (χ3v) is 4.64. The largest absolute Gasteiger partial charge is 0.446 e. The lowest BCUT2D eigenvalue weighted by molar-refractivity contribution is 0.417. The molecule has 0 aliphatic rings. The predicted molar refractivity (Wildman–Crippen MR) is 81.6 cm³/mol. The summed E-state index contributed by atoms with van der Waals surface area (Å²) in [7, 11) is -3.76. The van der Waals surface area contributed by atoms with Crippen LogP contribution in [0.5, 0.6) is 0 Å². The van der Waals surface area contributed by atoms with Crippen molar-refractivity contribution < 1.29 is 12.8 Å². The maximum atomic E-state index is 12.1. The molecule has 2 aromatic rings. The number of hydrogen-bond donors (Lipinski definition) is 2. The molecule has 0 amide bonds. The summed E-state index contributed by atoms with van der Waals surface area (Å²) >= 11 is 7.81. The molecule has 0 unspecified atom stereocenters. The molecule has 102 valence electrons. The molecule has 0 fully saturated rings. The molecule has 1 aromatic heterocycles. The molecule has 2 rings (SSSR count). The highest BCUT2D eigenvalue weighted by molar-refractivity contribution is 14.1. The summed E-state index contributed by atoms with van der Waals surface area (Å²) in [6.45, 7) is 0.147. The van der Waals surface area contributed by atoms with Crippen LogP contribution in [0, 0.1) is 3.57 Å². The molecule has 0 bridgehead atoms. The summed E-state index contributed by atoms with van der Waals surface area (Å²) in [5, 5.41) is 0.370. The second-order valence-corrected chi connectivity index (χ2v) is 6.87. The first kappa shape index (κ1) is 14.6. The van der Waals surface area contributed by atoms with Crippen molar-refractivity contribution in [2.24, 2.45) is 5.73 Å². The summed E-state index contributed by atoms with van der Waals surface area (Å²) in [6.07, 6.45) is 0. The van der Waals surface area contributed by atoms with Crippen LogP contribution in [-0.4, -0.2) is 8.42 Å². The molecule has 1 aromatic carbocycles. The number of nitrogens with one attached hydrogen (secondary N) is 1. The van der Waals surface area contributed by atoms with E-state index < -0.39 is 10.0 Å². The molecule has 8 heteroatoms. The van der Waals surface area contributed by atoms with Crippen LogP contribution in [0.3, 0.4) is 0 Å². The van der Waals surface area contributed by atoms with E-state index in [-0.39, 0.29) is 11.6 Å². The fourth-order valence-corrected chi connectivity index (χ4v) is 3.60. The Morgan fingerprint density at radius 2 is 2.05 bits per heavy atom. The van der Waals surface area contributed by atoms with Gasteiger partial charge in [-0.05, 0) is 52.9 Å². The van der Waals surface area contributed by atoms with E-state index in [2.05, 4.69) is 4.72 Å². The Hall–Kier alpha value is -0.770. The van der Waals surface area contributed by atoms with E-state index in [0.717, 1.165) is 0 Å². The molecule has 0 saturated heterocycles. The van der Waals surface area contributed by atoms with Gasteiger partial charge in [0.25, 0.3) is 10.0 Å². The van der Waals surface area contributed by atoms with Gasteiger partial charge < -0.3 is 10.2 Å². The van der Waals surface area contributed by atoms with Crippen molar-refractivity contribution in [3.05, 3.63) is 44.7 Å². The smallest absolute Gasteiger partial charge is 0.295 e. The van der Waals surface area contributed by atoms with Gasteiger partial charge in [-0.2, -0.15) is 8.42 Å². The number of sulfonamides is 1. The lowest BCUT2D eigenvalue weighted by Gasteiger charge is -2.08. The quantitative estimate of drug-likeness (QED) is 0.756. The van der Waals surface area contributed by atoms with Crippen molar-refractivity contribution in [1.29, 1.82) is 0 Å². The average Bonchev–Trinajstić information content (AvgIpc) is 2.82. The highest BCUT2D eigenvalue weighted by atomic mass is 127. The average molecular weight is 413 g/mol. The number of furan rings is 1. The maximum Gasteiger partial charge on any atom is 0.295 e. The SMILES string of the molecule is NCc1ccc(S(=O)(=O)Nc2ccc(Cl)cc2I)o1. The Morgan fingerprint density at radius 3 is 2.63 bits per heavy atom. The topological polar surface area (TPSA) is 85.3 Å². The van der Waals surface area contributed by atoms with Gasteiger partial charge in [-0.15, -0.1) is 0 Å². The van der Waals surface area contributed by atoms with Gasteiger partial charge in [-0.3, -0.25) is 4.72 Å². The highest BCUT2D eigenvalue weighted by Crippen LogP contribution is 2.25. The van der Waals surface area contributed by atoms with E-state index in [1.54, 1.807) is 18.2 Å². The summed E-state index contributed by atoms with van der Waals surface area (Å²) in [6, 6.07) is 7.76. The first-order valence-electron chi connectivity index (χ1n) is 5.19. The number of nitrogens with two attached hydrogens (primary N) is 1. The van der Waals surface area contributed by atoms with E-state index in [4.69, 9.17) is 21.8 Å². The Kier molecular flexibility index (Phi) is 4.39. The van der Waals surface area contributed by atoms with Crippen LogP contribution in [0.25, 0.3) is 0 Å². The van der Waals surface area contributed by atoms with Gasteiger partial charge in [0, 0.05) is 8.59 Å². The van der Waals surface area contributed by atoms with Gasteiger partial charge in [0.1, 0.15) is 5.76 Å². The summed E-state index contributed by atoms with van der Waals surface area (Å²) in [5.74, 6) is 0.408. The van der Waals surface area contributed by atoms with E-state index in [1.807, 2.05) is 22.6 Å². The first-order valence-corrected chi connectivity index (χ1v) is 8.13. The fourth-order valence-electron chi connectivity index (χ4n) is 1.38. The number of halogens is 2. The van der Waals surface area contributed by atoms with Crippen LogP contribution in [0.2, 0.25) is 5.02 Å². The van der Waals surface area contributed by atoms with Crippen LogP contribution in [0.1, 0.15) is 5.76 Å². The molecule has 19 heavy (non-hydrogen) atoms. The van der Waals surface area contributed by atoms with E-state index in [0.29, 0.717) is 20.0 Å². The highest BCUT2D eigenvalue weighted by Gasteiger charge is 2.19. The van der Waals surface area contributed by atoms with Gasteiger partial charge in [0.05, 0.1) is 12.2 Å². The standard InChI is InChI=1S/C11H10ClIN2O3S/c12-7-1-3-10(9(13)5-7)15-19(16,17)11-4-2-8(6-14)18-11/h1-5,15H,6,14H2. The Labute approximate surface area is 129 Å². The second kappa shape index (κ2) is 5.70. The summed E-state index contributed by atoms with van der Waals surface area (Å²) in [5.41, 5.74) is 5.82. The minimum absolute atomic E-state index is 0.147. The van der Waals surface area contributed by atoms with Crippen molar-refractivity contribution >= 4 is 49.9 Å². The Bertz CT molecular complexity index is 700. The van der Waals surface area contributed by atoms with Crippen molar-refractivity contribution in [3.63, 3.8) is 0 Å². The van der Waals surface area contributed by atoms with Crippen LogP contribution in [0.4, 0.5) is 5.69 Å². The number of rotatable bonds is 4. The maximum absolute atomic E-state index is 12.1. The lowest BCUT2D eigenvalue weighted by atomic mass is 10.3. The van der Waals surface area contributed by atoms with Crippen molar-refractivity contribution in [1.82, 2.24) is 0 Å². The molecule has 0 saturated carbocycles. The van der Waals surface area contributed by atoms with E-state index in [9.17, 15) is 8.42 Å². The molecule has 0 atom stereocenters. The fraction of sp³-hybridized carbons (Fsp3) is 0.0909. The van der Waals surface area contributed by atoms with E-state index in [1.165, 1.54) is 12.1 Å². The summed E-state index contributed by atoms with van der Waals surface area (Å²) in [4.78, 5) is 0. The summed E-state index contributed by atoms with van der Waals surface area (Å²) < 4.78 is 32.4. The first-order chi connectivity index (χ1) is 8.92. The van der Waals surface area contributed by atoms with Gasteiger partial charge in [-0.25, -0.2) is 0 Å². The van der Waals surface area contributed by atoms with Crippen LogP contribution < -0.4 is 10.5 Å². The number of anilines is 1. The van der Waals surface area contributed by atoms with Crippen LogP contribution >= 0.6 is 34.2 Å². The number of benzene rings is 1. The van der Waals surface area contributed by atoms with Gasteiger partial charge in [0.15, 0.2) is 0 Å². The molecule has 3 N–H and O–H groups in total. The zero-order valence-electron chi connectivity index (χ0n) is 9.56. The minimum Gasteiger partial charge on any atom is -0.446 e. The molecular weight excluding hydrogens is 403 g/mol. The second-order valence-electron chi connectivity index (χ2n) is 3.65. The molecule has 0 aliphatic heterocycles. The molecule has 0 radical (unpaired) electrons. The van der Waals surface area contributed by atoms with Crippen LogP contribution in [0.15, 0.2) is 39.8 Å². The third-order valence-electron chi connectivity index (χ3n) is 2.28. The Morgan fingerprint density at radius 1 is 1.32 bits per heavy atom. The zero-order valence-corrected chi connectivity index (χ0v) is 13.3. The molecule has 0 aliphatic carbocycles. The zero-order chi connectivity index (χ0) is 14.0. The number of hydrogen-bond acceptors (Lipinski definition) is 4. The van der Waals surface area contributed by atoms with Gasteiger partial charge in [-0.1, -0.05) is 11.6 Å². The van der Waals surface area contributed by atoms with Crippen molar-refractivity contribution in [2.75, 3.05) is 4.72 Å². The van der Waals surface area contributed by atoms with Gasteiger partial charge >= 0.3 is 0 Å². The van der Waals surface area contributed by atoms with Crippen LogP contribution in [-0.2, 0) is 16.6 Å². The van der Waals surface area contributed by atoms with Crippen molar-refractivity contribution in [2.45, 2.75) is 11.6 Å². The molecule has 0 spiro atoms. The lowest BCUT2D eigenvalue weighted by Crippen LogP contribution is -2.13. The monoisotopic (exact) mass is 412 g/mol. The predicted octanol–water partition coefficient (Wildman–Crippen LogP) is 2.80. The molecule has 1 heterocycles.